The van der Waals surface area contributed by atoms with Gasteiger partial charge in [-0.15, -0.1) is 0 Å². The van der Waals surface area contributed by atoms with Crippen LogP contribution in [-0.2, 0) is 11.2 Å². The Balaban J connectivity index is 2.43. The lowest BCUT2D eigenvalue weighted by molar-refractivity contribution is -0.138. The van der Waals surface area contributed by atoms with Crippen molar-refractivity contribution < 1.29 is 4.79 Å². The van der Waals surface area contributed by atoms with E-state index in [4.69, 9.17) is 23.2 Å². The van der Waals surface area contributed by atoms with Gasteiger partial charge in [0, 0.05) is 21.9 Å². The van der Waals surface area contributed by atoms with Crippen LogP contribution in [0, 0.1) is 22.2 Å². The zero-order chi connectivity index (χ0) is 15.0. The summed E-state index contributed by atoms with van der Waals surface area (Å²) >= 11 is 12.4. The van der Waals surface area contributed by atoms with Crippen LogP contribution in [0.15, 0.2) is 18.2 Å². The summed E-state index contributed by atoms with van der Waals surface area (Å²) in [5, 5.41) is 10.7. The number of nitriles is 1. The predicted octanol–water partition coefficient (Wildman–Crippen LogP) is 4.83. The summed E-state index contributed by atoms with van der Waals surface area (Å²) in [6.45, 7) is 3.82. The van der Waals surface area contributed by atoms with Gasteiger partial charge in [0.05, 0.1) is 6.07 Å². The fraction of sp³-hybridized carbons (Fsp3) is 0.500. The van der Waals surface area contributed by atoms with Gasteiger partial charge in [-0.2, -0.15) is 5.26 Å². The van der Waals surface area contributed by atoms with E-state index in [2.05, 4.69) is 6.07 Å². The normalized spacial score (nSPS) is 25.2. The van der Waals surface area contributed by atoms with Gasteiger partial charge >= 0.3 is 0 Å². The van der Waals surface area contributed by atoms with Crippen LogP contribution < -0.4 is 0 Å². The van der Waals surface area contributed by atoms with Crippen molar-refractivity contribution in [3.63, 3.8) is 0 Å². The number of ketones is 1. The average molecular weight is 310 g/mol. The Bertz CT molecular complexity index is 568. The van der Waals surface area contributed by atoms with E-state index < -0.39 is 10.8 Å². The first-order valence-electron chi connectivity index (χ1n) is 6.71. The average Bonchev–Trinajstić information content (AvgIpc) is 2.39. The van der Waals surface area contributed by atoms with Gasteiger partial charge < -0.3 is 0 Å². The summed E-state index contributed by atoms with van der Waals surface area (Å²) < 4.78 is 0. The second-order valence-corrected chi connectivity index (χ2v) is 6.95. The highest BCUT2D eigenvalue weighted by Gasteiger charge is 2.49. The van der Waals surface area contributed by atoms with Crippen LogP contribution in [-0.4, -0.2) is 5.78 Å². The number of halogens is 2. The SMILES string of the molecule is CC1(C)CCCC(C#N)(Cc2c(Cl)cccc2Cl)C1=O. The van der Waals surface area contributed by atoms with Crippen molar-refractivity contribution in [1.29, 1.82) is 5.26 Å². The monoisotopic (exact) mass is 309 g/mol. The van der Waals surface area contributed by atoms with Gasteiger partial charge in [0.1, 0.15) is 5.41 Å². The first kappa shape index (κ1) is 15.4. The lowest BCUT2D eigenvalue weighted by Crippen LogP contribution is -2.45. The van der Waals surface area contributed by atoms with E-state index in [0.29, 0.717) is 28.5 Å². The molecule has 106 valence electrons. The summed E-state index contributed by atoms with van der Waals surface area (Å²) in [4.78, 5) is 12.7. The van der Waals surface area contributed by atoms with Gasteiger partial charge in [-0.3, -0.25) is 4.79 Å². The van der Waals surface area contributed by atoms with E-state index in [1.165, 1.54) is 0 Å². The molecule has 1 aliphatic rings. The summed E-state index contributed by atoms with van der Waals surface area (Å²) in [5.41, 5.74) is -0.763. The van der Waals surface area contributed by atoms with E-state index in [0.717, 1.165) is 12.8 Å². The quantitative estimate of drug-likeness (QED) is 0.785. The third kappa shape index (κ3) is 2.57. The molecule has 0 amide bonds. The third-order valence-corrected chi connectivity index (χ3v) is 4.92. The summed E-state index contributed by atoms with van der Waals surface area (Å²) in [6, 6.07) is 7.51. The molecule has 0 radical (unpaired) electrons. The van der Waals surface area contributed by atoms with Crippen LogP contribution in [0.5, 0.6) is 0 Å². The summed E-state index contributed by atoms with van der Waals surface area (Å²) in [6.07, 6.45) is 2.57. The van der Waals surface area contributed by atoms with Gasteiger partial charge in [0.15, 0.2) is 5.78 Å². The number of rotatable bonds is 2. The van der Waals surface area contributed by atoms with Gasteiger partial charge in [-0.25, -0.2) is 0 Å². The fourth-order valence-corrected chi connectivity index (χ4v) is 3.56. The van der Waals surface area contributed by atoms with Crippen LogP contribution >= 0.6 is 23.2 Å². The second kappa shape index (κ2) is 5.39. The molecule has 1 aromatic rings. The van der Waals surface area contributed by atoms with Gasteiger partial charge in [-0.05, 0) is 30.5 Å². The minimum atomic E-state index is -1.00. The maximum absolute atomic E-state index is 12.7. The predicted molar refractivity (Wildman–Crippen MR) is 80.9 cm³/mol. The Morgan fingerprint density at radius 3 is 2.40 bits per heavy atom. The van der Waals surface area contributed by atoms with Crippen LogP contribution in [0.1, 0.15) is 38.7 Å². The van der Waals surface area contributed by atoms with Gasteiger partial charge in [-0.1, -0.05) is 49.5 Å². The number of hydrogen-bond donors (Lipinski definition) is 0. The van der Waals surface area contributed by atoms with Gasteiger partial charge in [0.2, 0.25) is 0 Å². The van der Waals surface area contributed by atoms with Crippen LogP contribution in [0.4, 0.5) is 0 Å². The largest absolute Gasteiger partial charge is 0.297 e. The molecule has 1 aromatic carbocycles. The van der Waals surface area contributed by atoms with Crippen molar-refractivity contribution in [3.8, 4) is 6.07 Å². The third-order valence-electron chi connectivity index (χ3n) is 4.21. The standard InChI is InChI=1S/C16H17Cl2NO/c1-15(2)7-4-8-16(10-19,14(15)20)9-11-12(17)5-3-6-13(11)18/h3,5-6H,4,7-9H2,1-2H3. The molecule has 0 saturated heterocycles. The van der Waals surface area contributed by atoms with Crippen molar-refractivity contribution >= 4 is 29.0 Å². The Labute approximate surface area is 129 Å². The molecular weight excluding hydrogens is 293 g/mol. The smallest absolute Gasteiger partial charge is 0.158 e. The molecule has 0 N–H and O–H groups in total. The first-order chi connectivity index (χ1) is 9.32. The molecule has 1 fully saturated rings. The maximum atomic E-state index is 12.7. The number of benzene rings is 1. The Morgan fingerprint density at radius 1 is 1.25 bits per heavy atom. The van der Waals surface area contributed by atoms with Crippen molar-refractivity contribution in [2.24, 2.45) is 10.8 Å². The molecule has 0 spiro atoms. The maximum Gasteiger partial charge on any atom is 0.158 e. The summed E-state index contributed by atoms with van der Waals surface area (Å²) in [7, 11) is 0. The van der Waals surface area contributed by atoms with E-state index in [9.17, 15) is 10.1 Å². The second-order valence-electron chi connectivity index (χ2n) is 6.14. The molecule has 4 heteroatoms. The van der Waals surface area contributed by atoms with Crippen molar-refractivity contribution in [2.45, 2.75) is 39.5 Å². The molecule has 1 unspecified atom stereocenters. The Morgan fingerprint density at radius 2 is 1.85 bits per heavy atom. The van der Waals surface area contributed by atoms with Crippen LogP contribution in [0.2, 0.25) is 10.0 Å². The molecular formula is C16H17Cl2NO. The van der Waals surface area contributed by atoms with Crippen molar-refractivity contribution in [3.05, 3.63) is 33.8 Å². The molecule has 1 atom stereocenters. The molecule has 20 heavy (non-hydrogen) atoms. The lowest BCUT2D eigenvalue weighted by atomic mass is 9.61. The zero-order valence-corrected chi connectivity index (χ0v) is 13.2. The van der Waals surface area contributed by atoms with Crippen molar-refractivity contribution in [2.75, 3.05) is 0 Å². The molecule has 0 heterocycles. The fourth-order valence-electron chi connectivity index (χ4n) is 3.02. The highest BCUT2D eigenvalue weighted by Crippen LogP contribution is 2.46. The van der Waals surface area contributed by atoms with E-state index in [1.54, 1.807) is 18.2 Å². The van der Waals surface area contributed by atoms with E-state index in [1.807, 2.05) is 13.8 Å². The Kier molecular flexibility index (Phi) is 4.14. The van der Waals surface area contributed by atoms with Crippen molar-refractivity contribution in [1.82, 2.24) is 0 Å². The lowest BCUT2D eigenvalue weighted by Gasteiger charge is -2.39. The molecule has 2 rings (SSSR count). The van der Waals surface area contributed by atoms with Crippen LogP contribution in [0.3, 0.4) is 0 Å². The number of carbonyl (C=O) groups is 1. The Hall–Kier alpha value is -1.04. The highest BCUT2D eigenvalue weighted by atomic mass is 35.5. The minimum absolute atomic E-state index is 0.00902. The topological polar surface area (TPSA) is 40.9 Å². The molecule has 2 nitrogen and oxygen atoms in total. The number of Topliss-reactive ketones (excluding diaryl/α,β-unsaturated/α-hetero) is 1. The molecule has 1 saturated carbocycles. The molecule has 0 aliphatic heterocycles. The zero-order valence-electron chi connectivity index (χ0n) is 11.7. The highest BCUT2D eigenvalue weighted by molar-refractivity contribution is 6.36. The van der Waals surface area contributed by atoms with Gasteiger partial charge in [0.25, 0.3) is 0 Å². The number of carbonyl (C=O) groups excluding carboxylic acids is 1. The first-order valence-corrected chi connectivity index (χ1v) is 7.47. The minimum Gasteiger partial charge on any atom is -0.297 e. The molecule has 0 bridgehead atoms. The van der Waals surface area contributed by atoms with E-state index >= 15 is 0 Å². The molecule has 1 aliphatic carbocycles. The van der Waals surface area contributed by atoms with Crippen LogP contribution in [0.25, 0.3) is 0 Å². The molecule has 0 aromatic heterocycles. The van der Waals surface area contributed by atoms with E-state index in [-0.39, 0.29) is 5.78 Å². The number of hydrogen-bond acceptors (Lipinski definition) is 2. The summed E-state index contributed by atoms with van der Waals surface area (Å²) in [5.74, 6) is 0.00902. The number of nitrogens with zero attached hydrogens (tertiary/aromatic N) is 1.